The highest BCUT2D eigenvalue weighted by atomic mass is 16.3. The molecule has 1 aromatic carbocycles. The molecule has 0 aliphatic heterocycles. The van der Waals surface area contributed by atoms with Crippen LogP contribution in [-0.2, 0) is 7.05 Å². The number of fused-ring (bicyclic) bond motifs is 1. The number of rotatable bonds is 3. The third-order valence-electron chi connectivity index (χ3n) is 3.12. The molecule has 0 fully saturated rings. The molecule has 3 heteroatoms. The van der Waals surface area contributed by atoms with Gasteiger partial charge in [-0.15, -0.1) is 0 Å². The van der Waals surface area contributed by atoms with E-state index in [0.29, 0.717) is 13.0 Å². The molecule has 0 spiro atoms. The van der Waals surface area contributed by atoms with Gasteiger partial charge in [0.15, 0.2) is 0 Å². The summed E-state index contributed by atoms with van der Waals surface area (Å²) in [5.41, 5.74) is 8.81. The van der Waals surface area contributed by atoms with Crippen LogP contribution in [0.1, 0.15) is 23.8 Å². The molecule has 1 unspecified atom stereocenters. The van der Waals surface area contributed by atoms with E-state index in [-0.39, 0.29) is 0 Å². The SMILES string of the molecule is Cc1cccc2c1cc(C(O)CCN)n2C. The van der Waals surface area contributed by atoms with Crippen molar-refractivity contribution in [1.29, 1.82) is 0 Å². The summed E-state index contributed by atoms with van der Waals surface area (Å²) in [6.07, 6.45) is 0.130. The van der Waals surface area contributed by atoms with E-state index in [1.54, 1.807) is 0 Å². The van der Waals surface area contributed by atoms with Crippen LogP contribution >= 0.6 is 0 Å². The number of aryl methyl sites for hydroxylation is 2. The first-order valence-electron chi connectivity index (χ1n) is 5.58. The third kappa shape index (κ3) is 1.72. The molecule has 0 aliphatic rings. The summed E-state index contributed by atoms with van der Waals surface area (Å²) in [5.74, 6) is 0. The number of aliphatic hydroxyl groups excluding tert-OH is 1. The first-order chi connectivity index (χ1) is 7.65. The first kappa shape index (κ1) is 11.2. The lowest BCUT2D eigenvalue weighted by molar-refractivity contribution is 0.162. The second kappa shape index (κ2) is 4.28. The van der Waals surface area contributed by atoms with Gasteiger partial charge in [0.2, 0.25) is 0 Å². The summed E-state index contributed by atoms with van der Waals surface area (Å²) in [4.78, 5) is 0. The number of hydrogen-bond donors (Lipinski definition) is 2. The predicted molar refractivity (Wildman–Crippen MR) is 66.3 cm³/mol. The maximum absolute atomic E-state index is 9.99. The number of benzene rings is 1. The van der Waals surface area contributed by atoms with Crippen molar-refractivity contribution in [3.05, 3.63) is 35.5 Å². The molecule has 1 aromatic heterocycles. The van der Waals surface area contributed by atoms with Gasteiger partial charge in [0.1, 0.15) is 0 Å². The first-order valence-corrected chi connectivity index (χ1v) is 5.58. The molecule has 2 rings (SSSR count). The van der Waals surface area contributed by atoms with Gasteiger partial charge >= 0.3 is 0 Å². The third-order valence-corrected chi connectivity index (χ3v) is 3.12. The van der Waals surface area contributed by atoms with Gasteiger partial charge in [-0.25, -0.2) is 0 Å². The molecular formula is C13H18N2O. The van der Waals surface area contributed by atoms with E-state index in [4.69, 9.17) is 5.73 Å². The molecule has 0 bridgehead atoms. The van der Waals surface area contributed by atoms with Crippen molar-refractivity contribution in [3.63, 3.8) is 0 Å². The zero-order valence-corrected chi connectivity index (χ0v) is 9.77. The maximum Gasteiger partial charge on any atom is 0.0952 e. The van der Waals surface area contributed by atoms with Gasteiger partial charge in [-0.2, -0.15) is 0 Å². The average Bonchev–Trinajstić information content (AvgIpc) is 2.59. The van der Waals surface area contributed by atoms with Gasteiger partial charge < -0.3 is 15.4 Å². The standard InChI is InChI=1S/C13H18N2O/c1-9-4-3-5-11-10(9)8-12(15(11)2)13(16)6-7-14/h3-5,8,13,16H,6-7,14H2,1-2H3. The molecule has 1 atom stereocenters. The van der Waals surface area contributed by atoms with E-state index in [9.17, 15) is 5.11 Å². The van der Waals surface area contributed by atoms with Crippen LogP contribution in [0.3, 0.4) is 0 Å². The lowest BCUT2D eigenvalue weighted by Crippen LogP contribution is -2.09. The largest absolute Gasteiger partial charge is 0.387 e. The van der Waals surface area contributed by atoms with E-state index in [2.05, 4.69) is 25.1 Å². The van der Waals surface area contributed by atoms with Crippen LogP contribution in [0.5, 0.6) is 0 Å². The minimum atomic E-state index is -0.471. The summed E-state index contributed by atoms with van der Waals surface area (Å²) in [6.45, 7) is 2.59. The molecule has 0 aliphatic carbocycles. The minimum Gasteiger partial charge on any atom is -0.387 e. The monoisotopic (exact) mass is 218 g/mol. The molecule has 0 saturated heterocycles. The zero-order chi connectivity index (χ0) is 11.7. The molecular weight excluding hydrogens is 200 g/mol. The summed E-state index contributed by atoms with van der Waals surface area (Å²) in [6, 6.07) is 8.25. The van der Waals surface area contributed by atoms with Crippen molar-refractivity contribution in [2.45, 2.75) is 19.4 Å². The van der Waals surface area contributed by atoms with Crippen molar-refractivity contribution >= 4 is 10.9 Å². The van der Waals surface area contributed by atoms with Crippen molar-refractivity contribution in [3.8, 4) is 0 Å². The molecule has 3 nitrogen and oxygen atoms in total. The van der Waals surface area contributed by atoms with Gasteiger partial charge in [0.25, 0.3) is 0 Å². The Balaban J connectivity index is 2.55. The lowest BCUT2D eigenvalue weighted by Gasteiger charge is -2.10. The number of hydrogen-bond acceptors (Lipinski definition) is 2. The molecule has 86 valence electrons. The molecule has 16 heavy (non-hydrogen) atoms. The van der Waals surface area contributed by atoms with E-state index >= 15 is 0 Å². The van der Waals surface area contributed by atoms with E-state index in [1.807, 2.05) is 17.7 Å². The minimum absolute atomic E-state index is 0.471. The Bertz CT molecular complexity index is 502. The fourth-order valence-corrected chi connectivity index (χ4v) is 2.15. The fourth-order valence-electron chi connectivity index (χ4n) is 2.15. The topological polar surface area (TPSA) is 51.2 Å². The van der Waals surface area contributed by atoms with Crippen LogP contribution in [-0.4, -0.2) is 16.2 Å². The van der Waals surface area contributed by atoms with E-state index in [1.165, 1.54) is 10.9 Å². The Morgan fingerprint density at radius 3 is 2.81 bits per heavy atom. The van der Waals surface area contributed by atoms with Gasteiger partial charge in [-0.1, -0.05) is 12.1 Å². The van der Waals surface area contributed by atoms with Crippen molar-refractivity contribution in [1.82, 2.24) is 4.57 Å². The summed E-state index contributed by atoms with van der Waals surface area (Å²) >= 11 is 0. The normalized spacial score (nSPS) is 13.2. The second-order valence-corrected chi connectivity index (χ2v) is 4.23. The maximum atomic E-state index is 9.99. The Morgan fingerprint density at radius 1 is 1.44 bits per heavy atom. The van der Waals surface area contributed by atoms with Crippen LogP contribution in [0.25, 0.3) is 10.9 Å². The quantitative estimate of drug-likeness (QED) is 0.826. The highest BCUT2D eigenvalue weighted by Gasteiger charge is 2.13. The van der Waals surface area contributed by atoms with Crippen LogP contribution in [0.15, 0.2) is 24.3 Å². The van der Waals surface area contributed by atoms with Crippen LogP contribution in [0, 0.1) is 6.92 Å². The Labute approximate surface area is 95.5 Å². The number of nitrogens with two attached hydrogens (primary N) is 1. The summed E-state index contributed by atoms with van der Waals surface area (Å²) < 4.78 is 2.04. The molecule has 3 N–H and O–H groups in total. The van der Waals surface area contributed by atoms with Crippen LogP contribution < -0.4 is 5.73 Å². The zero-order valence-electron chi connectivity index (χ0n) is 9.77. The Kier molecular flexibility index (Phi) is 2.99. The molecule has 0 saturated carbocycles. The second-order valence-electron chi connectivity index (χ2n) is 4.23. The van der Waals surface area contributed by atoms with E-state index in [0.717, 1.165) is 11.2 Å². The highest BCUT2D eigenvalue weighted by Crippen LogP contribution is 2.26. The predicted octanol–water partition coefficient (Wildman–Crippen LogP) is 1.87. The summed E-state index contributed by atoms with van der Waals surface area (Å²) in [7, 11) is 1.98. The molecule has 0 amide bonds. The van der Waals surface area contributed by atoms with Crippen LogP contribution in [0.2, 0.25) is 0 Å². The average molecular weight is 218 g/mol. The Morgan fingerprint density at radius 2 is 2.19 bits per heavy atom. The fraction of sp³-hybridized carbons (Fsp3) is 0.385. The van der Waals surface area contributed by atoms with E-state index < -0.39 is 6.10 Å². The Hall–Kier alpha value is -1.32. The van der Waals surface area contributed by atoms with Gasteiger partial charge in [0, 0.05) is 23.6 Å². The number of aliphatic hydroxyl groups is 1. The summed E-state index contributed by atoms with van der Waals surface area (Å²) in [5, 5.41) is 11.2. The van der Waals surface area contributed by atoms with Gasteiger partial charge in [-0.05, 0) is 37.6 Å². The molecule has 1 heterocycles. The van der Waals surface area contributed by atoms with Gasteiger partial charge in [0.05, 0.1) is 6.10 Å². The number of aromatic nitrogens is 1. The highest BCUT2D eigenvalue weighted by molar-refractivity contribution is 5.84. The molecule has 2 aromatic rings. The van der Waals surface area contributed by atoms with Crippen molar-refractivity contribution in [2.24, 2.45) is 12.8 Å². The van der Waals surface area contributed by atoms with Gasteiger partial charge in [-0.3, -0.25) is 0 Å². The smallest absolute Gasteiger partial charge is 0.0952 e. The molecule has 0 radical (unpaired) electrons. The van der Waals surface area contributed by atoms with Crippen molar-refractivity contribution in [2.75, 3.05) is 6.54 Å². The van der Waals surface area contributed by atoms with Crippen LogP contribution in [0.4, 0.5) is 0 Å². The lowest BCUT2D eigenvalue weighted by atomic mass is 10.1. The number of nitrogens with zero attached hydrogens (tertiary/aromatic N) is 1. The van der Waals surface area contributed by atoms with Crippen molar-refractivity contribution < 1.29 is 5.11 Å².